The number of carbonyl (C=O) groups is 2. The Bertz CT molecular complexity index is 830. The van der Waals surface area contributed by atoms with Crippen LogP contribution in [-0.4, -0.2) is 74.5 Å². The second-order valence-corrected chi connectivity index (χ2v) is 7.96. The van der Waals surface area contributed by atoms with Crippen LogP contribution in [0.2, 0.25) is 0 Å². The van der Waals surface area contributed by atoms with E-state index in [1.54, 1.807) is 29.1 Å². The van der Waals surface area contributed by atoms with Gasteiger partial charge in [-0.1, -0.05) is 6.42 Å². The smallest absolute Gasteiger partial charge is 0.271 e. The summed E-state index contributed by atoms with van der Waals surface area (Å²) in [6, 6.07) is 1.30. The van der Waals surface area contributed by atoms with E-state index in [1.807, 2.05) is 0 Å². The largest absolute Gasteiger partial charge is 0.391 e. The monoisotopic (exact) mass is 400 g/mol. The molecule has 9 nitrogen and oxygen atoms in total. The van der Waals surface area contributed by atoms with Crippen LogP contribution in [0, 0.1) is 5.92 Å². The van der Waals surface area contributed by atoms with E-state index in [9.17, 15) is 14.7 Å². The number of amides is 2. The van der Waals surface area contributed by atoms with Crippen LogP contribution in [-0.2, 0) is 4.79 Å². The summed E-state index contributed by atoms with van der Waals surface area (Å²) in [5, 5.41) is 16.1. The summed E-state index contributed by atoms with van der Waals surface area (Å²) < 4.78 is 1.67. The lowest BCUT2D eigenvalue weighted by Crippen LogP contribution is -2.40. The molecule has 3 atom stereocenters. The second-order valence-electron chi connectivity index (χ2n) is 7.96. The molecule has 3 N–H and O–H groups in total. The van der Waals surface area contributed by atoms with Crippen LogP contribution in [0.3, 0.4) is 0 Å². The number of piperidine rings is 1. The summed E-state index contributed by atoms with van der Waals surface area (Å²) in [7, 11) is 0. The minimum Gasteiger partial charge on any atom is -0.391 e. The first kappa shape index (κ1) is 19.8. The lowest BCUT2D eigenvalue weighted by atomic mass is 10.1. The molecule has 9 heteroatoms. The fraction of sp³-hybridized carbons (Fsp3) is 0.600. The molecule has 0 aromatic carbocycles. The van der Waals surface area contributed by atoms with Gasteiger partial charge in [0.15, 0.2) is 0 Å². The van der Waals surface area contributed by atoms with E-state index in [4.69, 9.17) is 0 Å². The molecule has 0 radical (unpaired) electrons. The molecule has 0 spiro atoms. The summed E-state index contributed by atoms with van der Waals surface area (Å²) >= 11 is 0. The molecule has 1 saturated heterocycles. The zero-order valence-corrected chi connectivity index (χ0v) is 16.5. The summed E-state index contributed by atoms with van der Waals surface area (Å²) in [5.41, 5.74) is 0.241. The molecule has 2 amide bonds. The molecular weight excluding hydrogens is 372 g/mol. The van der Waals surface area contributed by atoms with Gasteiger partial charge in [-0.3, -0.25) is 14.0 Å². The highest BCUT2D eigenvalue weighted by atomic mass is 16.3. The topological polar surface area (TPSA) is 112 Å². The van der Waals surface area contributed by atoms with Crippen molar-refractivity contribution >= 4 is 17.6 Å². The van der Waals surface area contributed by atoms with Gasteiger partial charge in [-0.25, -0.2) is 9.97 Å². The summed E-state index contributed by atoms with van der Waals surface area (Å²) in [6.07, 6.45) is 8.76. The van der Waals surface area contributed by atoms with Crippen molar-refractivity contribution in [3.8, 4) is 0 Å². The maximum atomic E-state index is 12.5. The SMILES string of the molecule is O=C(N[C@H]1C[C@H](C(=O)NCCN2CCCCC2)C[C@@H]1O)c1cn2cccnc2n1. The van der Waals surface area contributed by atoms with Gasteiger partial charge in [0.2, 0.25) is 11.7 Å². The Hall–Kier alpha value is -2.52. The van der Waals surface area contributed by atoms with Gasteiger partial charge in [-0.15, -0.1) is 0 Å². The third-order valence-electron chi connectivity index (χ3n) is 5.86. The maximum absolute atomic E-state index is 12.5. The highest BCUT2D eigenvalue weighted by molar-refractivity contribution is 5.93. The van der Waals surface area contributed by atoms with Crippen molar-refractivity contribution in [1.29, 1.82) is 0 Å². The van der Waals surface area contributed by atoms with Gasteiger partial charge < -0.3 is 20.6 Å². The molecule has 2 aromatic rings. The quantitative estimate of drug-likeness (QED) is 0.639. The number of hydrogen-bond acceptors (Lipinski definition) is 6. The Kier molecular flexibility index (Phi) is 6.05. The normalized spacial score (nSPS) is 25.2. The summed E-state index contributed by atoms with van der Waals surface area (Å²) in [6.45, 7) is 3.69. The first-order chi connectivity index (χ1) is 14.1. The fourth-order valence-corrected chi connectivity index (χ4v) is 4.23. The number of imidazole rings is 1. The van der Waals surface area contributed by atoms with Crippen LogP contribution in [0.15, 0.2) is 24.7 Å². The van der Waals surface area contributed by atoms with Crippen LogP contribution < -0.4 is 10.6 Å². The number of aliphatic hydroxyl groups excluding tert-OH is 1. The number of likely N-dealkylation sites (tertiary alicyclic amines) is 1. The van der Waals surface area contributed by atoms with Gasteiger partial charge >= 0.3 is 0 Å². The molecule has 1 saturated carbocycles. The van der Waals surface area contributed by atoms with Crippen LogP contribution in [0.5, 0.6) is 0 Å². The summed E-state index contributed by atoms with van der Waals surface area (Å²) in [5.74, 6) is -0.268. The molecular formula is C20H28N6O3. The number of nitrogens with zero attached hydrogens (tertiary/aromatic N) is 4. The van der Waals surface area contributed by atoms with Crippen molar-refractivity contribution in [3.05, 3.63) is 30.4 Å². The highest BCUT2D eigenvalue weighted by Crippen LogP contribution is 2.26. The minimum absolute atomic E-state index is 0.0465. The van der Waals surface area contributed by atoms with Gasteiger partial charge in [0.25, 0.3) is 5.91 Å². The Balaban J connectivity index is 1.26. The van der Waals surface area contributed by atoms with Crippen LogP contribution in [0.4, 0.5) is 0 Å². The van der Waals surface area contributed by atoms with Gasteiger partial charge in [-0.2, -0.15) is 0 Å². The van der Waals surface area contributed by atoms with Crippen LogP contribution in [0.1, 0.15) is 42.6 Å². The van der Waals surface area contributed by atoms with Crippen LogP contribution >= 0.6 is 0 Å². The fourth-order valence-electron chi connectivity index (χ4n) is 4.23. The predicted molar refractivity (Wildman–Crippen MR) is 106 cm³/mol. The zero-order valence-electron chi connectivity index (χ0n) is 16.5. The number of rotatable bonds is 6. The predicted octanol–water partition coefficient (Wildman–Crippen LogP) is 0.201. The van der Waals surface area contributed by atoms with E-state index in [0.717, 1.165) is 19.6 Å². The first-order valence-electron chi connectivity index (χ1n) is 10.4. The molecule has 2 fully saturated rings. The number of aromatic nitrogens is 3. The van der Waals surface area contributed by atoms with E-state index in [0.29, 0.717) is 25.2 Å². The number of fused-ring (bicyclic) bond motifs is 1. The van der Waals surface area contributed by atoms with Gasteiger partial charge in [0.1, 0.15) is 5.69 Å². The standard InChI is InChI=1S/C20H28N6O3/c27-17-12-14(18(28)21-6-10-25-7-2-1-3-8-25)11-15(17)23-19(29)16-13-26-9-4-5-22-20(26)24-16/h4-5,9,13-15,17,27H,1-3,6-8,10-12H2,(H,21,28)(H,23,29)/t14-,15-,17-/m0/s1. The van der Waals surface area contributed by atoms with E-state index < -0.39 is 12.1 Å². The van der Waals surface area contributed by atoms with Gasteiger partial charge in [0.05, 0.1) is 12.1 Å². The molecule has 156 valence electrons. The van der Waals surface area contributed by atoms with Crippen molar-refractivity contribution in [2.45, 2.75) is 44.2 Å². The minimum atomic E-state index is -0.744. The third kappa shape index (κ3) is 4.73. The zero-order chi connectivity index (χ0) is 20.2. The first-order valence-corrected chi connectivity index (χ1v) is 10.4. The Morgan fingerprint density at radius 2 is 2.03 bits per heavy atom. The average Bonchev–Trinajstić information content (AvgIpc) is 3.32. The van der Waals surface area contributed by atoms with Crippen molar-refractivity contribution in [3.63, 3.8) is 0 Å². The highest BCUT2D eigenvalue weighted by Gasteiger charge is 2.38. The molecule has 0 unspecified atom stereocenters. The average molecular weight is 400 g/mol. The second kappa shape index (κ2) is 8.87. The Morgan fingerprint density at radius 3 is 2.83 bits per heavy atom. The molecule has 1 aliphatic heterocycles. The Morgan fingerprint density at radius 1 is 1.21 bits per heavy atom. The molecule has 2 aliphatic rings. The number of hydrogen-bond donors (Lipinski definition) is 3. The van der Waals surface area contributed by atoms with Crippen molar-refractivity contribution in [2.75, 3.05) is 26.2 Å². The molecule has 0 bridgehead atoms. The Labute approximate surface area is 169 Å². The van der Waals surface area contributed by atoms with Gasteiger partial charge in [-0.05, 0) is 44.8 Å². The number of carbonyl (C=O) groups excluding carboxylic acids is 2. The molecule has 1 aliphatic carbocycles. The molecule has 3 heterocycles. The number of nitrogens with one attached hydrogen (secondary N) is 2. The van der Waals surface area contributed by atoms with E-state index >= 15 is 0 Å². The maximum Gasteiger partial charge on any atom is 0.271 e. The lowest BCUT2D eigenvalue weighted by molar-refractivity contribution is -0.125. The van der Waals surface area contributed by atoms with Crippen molar-refractivity contribution < 1.29 is 14.7 Å². The molecule has 2 aromatic heterocycles. The van der Waals surface area contributed by atoms with E-state index in [2.05, 4.69) is 25.5 Å². The third-order valence-corrected chi connectivity index (χ3v) is 5.86. The van der Waals surface area contributed by atoms with Crippen molar-refractivity contribution in [2.24, 2.45) is 5.92 Å². The lowest BCUT2D eigenvalue weighted by Gasteiger charge is -2.26. The van der Waals surface area contributed by atoms with E-state index in [-0.39, 0.29) is 23.4 Å². The number of aliphatic hydroxyl groups is 1. The van der Waals surface area contributed by atoms with Crippen molar-refractivity contribution in [1.82, 2.24) is 29.9 Å². The molecule has 4 rings (SSSR count). The summed E-state index contributed by atoms with van der Waals surface area (Å²) in [4.78, 5) is 35.6. The van der Waals surface area contributed by atoms with Crippen LogP contribution in [0.25, 0.3) is 5.78 Å². The van der Waals surface area contributed by atoms with Gasteiger partial charge in [0, 0.05) is 37.6 Å². The molecule has 29 heavy (non-hydrogen) atoms. The van der Waals surface area contributed by atoms with E-state index in [1.165, 1.54) is 19.3 Å².